The molecule has 3 aliphatic heterocycles. The number of anilines is 3. The lowest BCUT2D eigenvalue weighted by Crippen LogP contribution is -2.52. The molecule has 12 heteroatoms. The Morgan fingerprint density at radius 3 is 2.47 bits per heavy atom. The van der Waals surface area contributed by atoms with E-state index in [1.807, 2.05) is 25.1 Å². The maximum atomic E-state index is 12.4. The van der Waals surface area contributed by atoms with Gasteiger partial charge < -0.3 is 35.6 Å². The Kier molecular flexibility index (Phi) is 10.4. The van der Waals surface area contributed by atoms with Crippen LogP contribution in [0.1, 0.15) is 26.2 Å². The van der Waals surface area contributed by atoms with Crippen LogP contribution in [0.5, 0.6) is 11.5 Å². The third-order valence-corrected chi connectivity index (χ3v) is 8.60. The number of piperazine rings is 1. The Bertz CT molecular complexity index is 1440. The molecule has 3 heterocycles. The average molecular weight is 617 g/mol. The van der Waals surface area contributed by atoms with Crippen molar-refractivity contribution in [3.8, 4) is 11.5 Å². The Balaban J connectivity index is 1.30. The van der Waals surface area contributed by atoms with Crippen LogP contribution in [-0.4, -0.2) is 105 Å². The Hall–Kier alpha value is -4.42. The second-order valence-corrected chi connectivity index (χ2v) is 11.6. The number of benzene rings is 2. The maximum absolute atomic E-state index is 12.4. The van der Waals surface area contributed by atoms with E-state index in [1.54, 1.807) is 31.4 Å². The van der Waals surface area contributed by atoms with Crippen LogP contribution < -0.4 is 30.7 Å². The number of carbonyl (C=O) groups is 2. The number of likely N-dealkylation sites (N-methyl/N-ethyl adjacent to an activating group) is 1. The van der Waals surface area contributed by atoms with Gasteiger partial charge in [0.05, 0.1) is 12.8 Å². The van der Waals surface area contributed by atoms with Crippen LogP contribution in [0.15, 0.2) is 65.1 Å². The molecule has 0 saturated carbocycles. The first-order chi connectivity index (χ1) is 21.8. The number of primary amides is 1. The van der Waals surface area contributed by atoms with Crippen LogP contribution in [0.4, 0.5) is 17.1 Å². The molecule has 0 aromatic heterocycles. The first-order valence-electron chi connectivity index (χ1n) is 15.6. The molecule has 45 heavy (non-hydrogen) atoms. The van der Waals surface area contributed by atoms with Gasteiger partial charge in [-0.3, -0.25) is 19.5 Å². The fourth-order valence-corrected chi connectivity index (χ4v) is 6.03. The van der Waals surface area contributed by atoms with Gasteiger partial charge in [0.1, 0.15) is 17.5 Å². The van der Waals surface area contributed by atoms with E-state index in [9.17, 15) is 9.59 Å². The second-order valence-electron chi connectivity index (χ2n) is 11.6. The van der Waals surface area contributed by atoms with Crippen LogP contribution in [-0.2, 0) is 9.59 Å². The number of methoxy groups -OCH3 is 1. The molecule has 2 fully saturated rings. The molecule has 240 valence electrons. The summed E-state index contributed by atoms with van der Waals surface area (Å²) in [5.74, 6) is 0.427. The summed E-state index contributed by atoms with van der Waals surface area (Å²) >= 11 is 0. The zero-order chi connectivity index (χ0) is 31.9. The van der Waals surface area contributed by atoms with E-state index in [4.69, 9.17) is 20.2 Å². The summed E-state index contributed by atoms with van der Waals surface area (Å²) in [4.78, 5) is 41.0. The zero-order valence-corrected chi connectivity index (χ0v) is 26.4. The highest BCUT2D eigenvalue weighted by molar-refractivity contribution is 6.68. The fraction of sp³-hybridized carbons (Fsp3) is 0.455. The van der Waals surface area contributed by atoms with Gasteiger partial charge >= 0.3 is 0 Å². The van der Waals surface area contributed by atoms with E-state index < -0.39 is 18.2 Å². The minimum atomic E-state index is -0.728. The molecule has 2 aromatic rings. The Labute approximate surface area is 265 Å². The Morgan fingerprint density at radius 2 is 1.80 bits per heavy atom. The predicted octanol–water partition coefficient (Wildman–Crippen LogP) is 2.97. The molecule has 4 N–H and O–H groups in total. The monoisotopic (exact) mass is 616 g/mol. The van der Waals surface area contributed by atoms with E-state index >= 15 is 0 Å². The van der Waals surface area contributed by atoms with Crippen molar-refractivity contribution in [1.82, 2.24) is 9.80 Å². The number of nitrogens with one attached hydrogen (secondary N) is 2. The topological polar surface area (TPSA) is 137 Å². The number of aliphatic imine (C=N–C) groups is 2. The number of piperidine rings is 1. The number of nitrogens with two attached hydrogens (primary N) is 1. The molecule has 0 spiro atoms. The highest BCUT2D eigenvalue weighted by Crippen LogP contribution is 2.34. The predicted molar refractivity (Wildman–Crippen MR) is 179 cm³/mol. The quantitative estimate of drug-likeness (QED) is 0.347. The summed E-state index contributed by atoms with van der Waals surface area (Å²) in [6.07, 6.45) is 3.27. The van der Waals surface area contributed by atoms with Gasteiger partial charge in [-0.15, -0.1) is 0 Å². The van der Waals surface area contributed by atoms with E-state index in [0.717, 1.165) is 63.5 Å². The minimum Gasteiger partial charge on any atom is -0.495 e. The van der Waals surface area contributed by atoms with Crippen molar-refractivity contribution in [3.05, 3.63) is 55.1 Å². The lowest BCUT2D eigenvalue weighted by molar-refractivity contribution is -0.112. The number of hydrogen-bond donors (Lipinski definition) is 3. The molecule has 2 amide bonds. The lowest BCUT2D eigenvalue weighted by Gasteiger charge is -2.42. The third kappa shape index (κ3) is 7.81. The van der Waals surface area contributed by atoms with Crippen molar-refractivity contribution in [2.45, 2.75) is 44.5 Å². The van der Waals surface area contributed by atoms with E-state index in [2.05, 4.69) is 44.0 Å². The van der Waals surface area contributed by atoms with E-state index in [0.29, 0.717) is 29.6 Å². The summed E-state index contributed by atoms with van der Waals surface area (Å²) in [6.45, 7) is 11.9. The lowest BCUT2D eigenvalue weighted by atomic mass is 10.0. The summed E-state index contributed by atoms with van der Waals surface area (Å²) in [5.41, 5.74) is 8.06. The molecule has 0 bridgehead atoms. The number of rotatable bonds is 10. The van der Waals surface area contributed by atoms with Crippen molar-refractivity contribution >= 4 is 40.4 Å². The van der Waals surface area contributed by atoms with Crippen molar-refractivity contribution in [1.29, 1.82) is 0 Å². The molecule has 2 saturated heterocycles. The van der Waals surface area contributed by atoms with Crippen LogP contribution in [0.3, 0.4) is 0 Å². The zero-order valence-electron chi connectivity index (χ0n) is 26.4. The molecule has 2 aromatic carbocycles. The van der Waals surface area contributed by atoms with Crippen molar-refractivity contribution in [2.24, 2.45) is 15.7 Å². The summed E-state index contributed by atoms with van der Waals surface area (Å²) in [5, 5.41) is 5.96. The second kappa shape index (κ2) is 14.6. The number of amidine groups is 1. The van der Waals surface area contributed by atoms with Gasteiger partial charge in [0, 0.05) is 68.8 Å². The molecule has 12 nitrogen and oxygen atoms in total. The maximum Gasteiger partial charge on any atom is 0.270 e. The normalized spacial score (nSPS) is 21.4. The van der Waals surface area contributed by atoms with Gasteiger partial charge in [-0.05, 0) is 56.7 Å². The van der Waals surface area contributed by atoms with Crippen molar-refractivity contribution < 1.29 is 19.1 Å². The van der Waals surface area contributed by atoms with Crippen LogP contribution in [0.2, 0.25) is 0 Å². The van der Waals surface area contributed by atoms with Crippen LogP contribution in [0, 0.1) is 0 Å². The van der Waals surface area contributed by atoms with Crippen LogP contribution in [0.25, 0.3) is 0 Å². The number of amides is 2. The molecular weight excluding hydrogens is 572 g/mol. The van der Waals surface area contributed by atoms with Gasteiger partial charge in [-0.2, -0.15) is 0 Å². The standard InChI is InChI=1S/C33H44N8O4/c1-5-26-33(45-25-9-7-8-22(20-25)35-29(42)6-2)38-32(30(37-26)31(34)43)36-23-10-11-27(28(21-23)44-4)41-14-12-24(13-15-41)40-18-16-39(3)17-19-40/h6-11,20-21,24,26,33H,2,5,12-19H2,1,3-4H3,(H2,34,43)(H,35,42)(H,36,38). The molecule has 5 rings (SSSR count). The van der Waals surface area contributed by atoms with Gasteiger partial charge in [0.2, 0.25) is 12.1 Å². The summed E-state index contributed by atoms with van der Waals surface area (Å²) in [6, 6.07) is 13.0. The number of ether oxygens (including phenoxy) is 2. The molecule has 3 aliphatic rings. The SMILES string of the molecule is C=CC(=O)Nc1cccc(OC2N=C(Nc3ccc(N4CCC(N5CCN(C)CC5)CC4)c(OC)c3)C(C(N)=O)=NC2CC)c1. The molecule has 0 radical (unpaired) electrons. The number of hydrogen-bond acceptors (Lipinski definition) is 10. The Morgan fingerprint density at radius 1 is 1.04 bits per heavy atom. The molecule has 0 aliphatic carbocycles. The first-order valence-corrected chi connectivity index (χ1v) is 15.6. The van der Waals surface area contributed by atoms with Gasteiger partial charge in [0.25, 0.3) is 5.91 Å². The largest absolute Gasteiger partial charge is 0.495 e. The minimum absolute atomic E-state index is 0.0581. The third-order valence-electron chi connectivity index (χ3n) is 8.60. The summed E-state index contributed by atoms with van der Waals surface area (Å²) in [7, 11) is 3.85. The number of nitrogens with zero attached hydrogens (tertiary/aromatic N) is 5. The van der Waals surface area contributed by atoms with Gasteiger partial charge in [-0.25, -0.2) is 4.99 Å². The van der Waals surface area contributed by atoms with Crippen LogP contribution >= 0.6 is 0 Å². The van der Waals surface area contributed by atoms with Crippen molar-refractivity contribution in [3.63, 3.8) is 0 Å². The number of carbonyl (C=O) groups excluding carboxylic acids is 2. The highest BCUT2D eigenvalue weighted by Gasteiger charge is 2.32. The summed E-state index contributed by atoms with van der Waals surface area (Å²) < 4.78 is 12.0. The highest BCUT2D eigenvalue weighted by atomic mass is 16.5. The van der Waals surface area contributed by atoms with Crippen molar-refractivity contribution in [2.75, 3.05) is 69.0 Å². The van der Waals surface area contributed by atoms with E-state index in [-0.39, 0.29) is 17.5 Å². The smallest absolute Gasteiger partial charge is 0.270 e. The molecule has 2 unspecified atom stereocenters. The molecular formula is C33H44N8O4. The van der Waals surface area contributed by atoms with E-state index in [1.165, 1.54) is 6.08 Å². The molecule has 2 atom stereocenters. The van der Waals surface area contributed by atoms with Gasteiger partial charge in [-0.1, -0.05) is 19.6 Å². The first kappa shape index (κ1) is 32.0. The fourth-order valence-electron chi connectivity index (χ4n) is 6.03. The van der Waals surface area contributed by atoms with Gasteiger partial charge in [0.15, 0.2) is 11.5 Å². The average Bonchev–Trinajstić information content (AvgIpc) is 3.05.